The molecular formula is C19H20ClF2N3O4S. The average Bonchev–Trinajstić information content (AvgIpc) is 2.84. The molecule has 3 rings (SSSR count). The number of alkyl halides is 2. The number of halogens is 3. The Balaban J connectivity index is 2.04. The highest BCUT2D eigenvalue weighted by Crippen LogP contribution is 2.32. The molecular weight excluding hydrogens is 440 g/mol. The largest absolute Gasteiger partial charge is 0.495 e. The Hall–Kier alpha value is -2.30. The van der Waals surface area contributed by atoms with Gasteiger partial charge in [0.05, 0.1) is 30.4 Å². The molecule has 0 spiro atoms. The third kappa shape index (κ3) is 5.05. The van der Waals surface area contributed by atoms with E-state index in [1.807, 2.05) is 0 Å². The Morgan fingerprint density at radius 1 is 1.27 bits per heavy atom. The summed E-state index contributed by atoms with van der Waals surface area (Å²) in [6, 6.07) is 6.75. The van der Waals surface area contributed by atoms with Crippen LogP contribution < -0.4 is 10.1 Å². The number of hydrogen-bond donors (Lipinski definition) is 1. The molecule has 0 unspecified atom stereocenters. The molecule has 0 aliphatic carbocycles. The molecule has 1 aliphatic heterocycles. The topological polar surface area (TPSA) is 88.6 Å². The lowest BCUT2D eigenvalue weighted by molar-refractivity contribution is -0.126. The number of rotatable bonds is 6. The van der Waals surface area contributed by atoms with Gasteiger partial charge in [-0.3, -0.25) is 9.78 Å². The van der Waals surface area contributed by atoms with Crippen molar-refractivity contribution < 1.29 is 26.7 Å². The van der Waals surface area contributed by atoms with Gasteiger partial charge in [0.15, 0.2) is 0 Å². The first-order chi connectivity index (χ1) is 14.1. The fourth-order valence-corrected chi connectivity index (χ4v) is 4.77. The second-order valence-corrected chi connectivity index (χ2v) is 9.14. The van der Waals surface area contributed by atoms with Crippen molar-refractivity contribution in [2.75, 3.05) is 13.7 Å². The normalized spacial score (nSPS) is 19.2. The van der Waals surface area contributed by atoms with E-state index in [4.69, 9.17) is 16.3 Å². The Labute approximate surface area is 178 Å². The number of carbonyl (C=O) groups is 1. The zero-order chi connectivity index (χ0) is 21.9. The van der Waals surface area contributed by atoms with Gasteiger partial charge >= 0.3 is 0 Å². The number of sulfonamides is 1. The fourth-order valence-electron chi connectivity index (χ4n) is 3.09. The highest BCUT2D eigenvalue weighted by atomic mass is 35.5. The van der Waals surface area contributed by atoms with Gasteiger partial charge in [-0.2, -0.15) is 4.31 Å². The Kier molecular flexibility index (Phi) is 6.59. The van der Waals surface area contributed by atoms with Crippen LogP contribution in [0.25, 0.3) is 0 Å². The molecule has 0 saturated carbocycles. The van der Waals surface area contributed by atoms with Crippen molar-refractivity contribution in [1.29, 1.82) is 0 Å². The van der Waals surface area contributed by atoms with Crippen LogP contribution in [-0.4, -0.2) is 49.2 Å². The lowest BCUT2D eigenvalue weighted by Crippen LogP contribution is -2.49. The molecule has 1 amide bonds. The molecule has 2 heterocycles. The molecule has 0 radical (unpaired) electrons. The Morgan fingerprint density at radius 3 is 2.57 bits per heavy atom. The predicted molar refractivity (Wildman–Crippen MR) is 106 cm³/mol. The van der Waals surface area contributed by atoms with Crippen molar-refractivity contribution in [3.8, 4) is 5.75 Å². The second kappa shape index (κ2) is 8.83. The second-order valence-electron chi connectivity index (χ2n) is 6.81. The molecule has 1 aliphatic rings. The van der Waals surface area contributed by atoms with Crippen LogP contribution in [0.4, 0.5) is 8.78 Å². The van der Waals surface area contributed by atoms with Gasteiger partial charge in [0, 0.05) is 24.4 Å². The summed E-state index contributed by atoms with van der Waals surface area (Å²) in [4.78, 5) is 16.5. The van der Waals surface area contributed by atoms with E-state index in [9.17, 15) is 22.0 Å². The maximum Gasteiger partial charge on any atom is 0.251 e. The number of carbonyl (C=O) groups excluding carboxylic acids is 1. The molecule has 1 aromatic heterocycles. The van der Waals surface area contributed by atoms with Crippen LogP contribution in [0.2, 0.25) is 5.02 Å². The zero-order valence-corrected chi connectivity index (χ0v) is 17.6. The molecule has 0 bridgehead atoms. The monoisotopic (exact) mass is 459 g/mol. The molecule has 7 nitrogen and oxygen atoms in total. The lowest BCUT2D eigenvalue weighted by atomic mass is 10.1. The van der Waals surface area contributed by atoms with E-state index in [1.165, 1.54) is 43.6 Å². The Bertz CT molecular complexity index is 1000. The number of pyridine rings is 1. The molecule has 30 heavy (non-hydrogen) atoms. The summed E-state index contributed by atoms with van der Waals surface area (Å²) < 4.78 is 61.0. The fraction of sp³-hybridized carbons (Fsp3) is 0.368. The summed E-state index contributed by atoms with van der Waals surface area (Å²) >= 11 is 5.84. The molecule has 1 saturated heterocycles. The predicted octanol–water partition coefficient (Wildman–Crippen LogP) is 2.85. The van der Waals surface area contributed by atoms with Crippen molar-refractivity contribution in [3.63, 3.8) is 0 Å². The number of hydrogen-bond acceptors (Lipinski definition) is 5. The number of benzene rings is 1. The van der Waals surface area contributed by atoms with E-state index < -0.39 is 40.7 Å². The standard InChI is InChI=1S/C19H20ClF2N3O4S/c1-29-15-5-4-14(24-11-15)12-25(17-10-19(21,22)8-9-23-18(17)26)30(27,28)16-6-2-13(20)3-7-16/h2-7,11,17H,8-10,12H2,1H3,(H,23,26)/t17-/m1/s1. The van der Waals surface area contributed by atoms with E-state index >= 15 is 0 Å². The number of amides is 1. The first-order valence-electron chi connectivity index (χ1n) is 9.04. The van der Waals surface area contributed by atoms with Gasteiger partial charge in [-0.05, 0) is 36.4 Å². The van der Waals surface area contributed by atoms with Crippen LogP contribution >= 0.6 is 11.6 Å². The Morgan fingerprint density at radius 2 is 1.97 bits per heavy atom. The van der Waals surface area contributed by atoms with Gasteiger partial charge in [-0.1, -0.05) is 11.6 Å². The molecule has 1 atom stereocenters. The van der Waals surface area contributed by atoms with E-state index in [1.54, 1.807) is 6.07 Å². The smallest absolute Gasteiger partial charge is 0.251 e. The number of nitrogens with zero attached hydrogens (tertiary/aromatic N) is 2. The summed E-state index contributed by atoms with van der Waals surface area (Å²) in [6.07, 6.45) is -0.114. The third-order valence-electron chi connectivity index (χ3n) is 4.70. The van der Waals surface area contributed by atoms with Crippen molar-refractivity contribution in [2.24, 2.45) is 0 Å². The number of aromatic nitrogens is 1. The van der Waals surface area contributed by atoms with Crippen LogP contribution in [0.1, 0.15) is 18.5 Å². The first kappa shape index (κ1) is 22.4. The quantitative estimate of drug-likeness (QED) is 0.717. The van der Waals surface area contributed by atoms with Crippen molar-refractivity contribution in [1.82, 2.24) is 14.6 Å². The lowest BCUT2D eigenvalue weighted by Gasteiger charge is -2.30. The van der Waals surface area contributed by atoms with Crippen molar-refractivity contribution in [2.45, 2.75) is 36.2 Å². The highest BCUT2D eigenvalue weighted by molar-refractivity contribution is 7.89. The molecule has 1 N–H and O–H groups in total. The molecule has 11 heteroatoms. The number of ether oxygens (including phenoxy) is 1. The van der Waals surface area contributed by atoms with Crippen LogP contribution in [-0.2, 0) is 21.4 Å². The third-order valence-corrected chi connectivity index (χ3v) is 6.82. The van der Waals surface area contributed by atoms with Crippen LogP contribution in [0.5, 0.6) is 5.75 Å². The van der Waals surface area contributed by atoms with Crippen molar-refractivity contribution >= 4 is 27.5 Å². The van der Waals surface area contributed by atoms with E-state index in [-0.39, 0.29) is 23.7 Å². The summed E-state index contributed by atoms with van der Waals surface area (Å²) in [5, 5.41) is 2.70. The summed E-state index contributed by atoms with van der Waals surface area (Å²) in [5.41, 5.74) is 0.272. The van der Waals surface area contributed by atoms with Gasteiger partial charge in [0.1, 0.15) is 11.8 Å². The van der Waals surface area contributed by atoms with Gasteiger partial charge in [0.25, 0.3) is 5.92 Å². The van der Waals surface area contributed by atoms with Crippen LogP contribution in [0.3, 0.4) is 0 Å². The van der Waals surface area contributed by atoms with E-state index in [0.29, 0.717) is 10.8 Å². The molecule has 2 aromatic rings. The van der Waals surface area contributed by atoms with Crippen LogP contribution in [0, 0.1) is 0 Å². The first-order valence-corrected chi connectivity index (χ1v) is 10.9. The zero-order valence-electron chi connectivity index (χ0n) is 16.0. The number of methoxy groups -OCH3 is 1. The molecule has 162 valence electrons. The minimum Gasteiger partial charge on any atom is -0.495 e. The van der Waals surface area contributed by atoms with Gasteiger partial charge < -0.3 is 10.1 Å². The summed E-state index contributed by atoms with van der Waals surface area (Å²) in [7, 11) is -2.87. The maximum atomic E-state index is 14.3. The summed E-state index contributed by atoms with van der Waals surface area (Å²) in [6.45, 7) is -0.610. The van der Waals surface area contributed by atoms with Crippen LogP contribution in [0.15, 0.2) is 47.5 Å². The maximum absolute atomic E-state index is 14.3. The van der Waals surface area contributed by atoms with Gasteiger partial charge in [-0.25, -0.2) is 17.2 Å². The SMILES string of the molecule is COc1ccc(CN([C@@H]2CC(F)(F)CCNC2=O)S(=O)(=O)c2ccc(Cl)cc2)nc1. The van der Waals surface area contributed by atoms with E-state index in [0.717, 1.165) is 4.31 Å². The average molecular weight is 460 g/mol. The number of nitrogens with one attached hydrogen (secondary N) is 1. The molecule has 1 aromatic carbocycles. The van der Waals surface area contributed by atoms with Gasteiger partial charge in [-0.15, -0.1) is 0 Å². The van der Waals surface area contributed by atoms with Crippen molar-refractivity contribution in [3.05, 3.63) is 53.3 Å². The minimum atomic E-state index is -4.32. The highest BCUT2D eigenvalue weighted by Gasteiger charge is 2.45. The minimum absolute atomic E-state index is 0.166. The summed E-state index contributed by atoms with van der Waals surface area (Å²) in [5.74, 6) is -3.53. The molecule has 1 fully saturated rings. The van der Waals surface area contributed by atoms with Gasteiger partial charge in [0.2, 0.25) is 15.9 Å². The van der Waals surface area contributed by atoms with E-state index in [2.05, 4.69) is 10.3 Å².